The molecule has 0 spiro atoms. The van der Waals surface area contributed by atoms with Gasteiger partial charge in [0.1, 0.15) is 0 Å². The highest BCUT2D eigenvalue weighted by Crippen LogP contribution is 2.18. The van der Waals surface area contributed by atoms with E-state index in [1.165, 1.54) is 24.0 Å². The number of aromatic nitrogens is 2. The molecule has 2 heterocycles. The number of carboxylic acids is 3. The second-order valence-corrected chi connectivity index (χ2v) is 8.86. The minimum absolute atomic E-state index is 0.375. The zero-order chi connectivity index (χ0) is 26.7. The summed E-state index contributed by atoms with van der Waals surface area (Å²) in [6, 6.07) is 10.7. The van der Waals surface area contributed by atoms with E-state index in [1.807, 2.05) is 4.68 Å². The summed E-state index contributed by atoms with van der Waals surface area (Å²) in [5, 5.41) is 38.4. The Kier molecular flexibility index (Phi) is 11.0. The summed E-state index contributed by atoms with van der Waals surface area (Å²) in [4.78, 5) is 33.0. The number of aliphatic hydroxyl groups is 1. The van der Waals surface area contributed by atoms with Crippen LogP contribution in [-0.4, -0.2) is 77.9 Å². The van der Waals surface area contributed by atoms with Crippen LogP contribution < -0.4 is 0 Å². The first-order valence-corrected chi connectivity index (χ1v) is 11.8. The number of aryl methyl sites for hydroxylation is 2. The van der Waals surface area contributed by atoms with Crippen LogP contribution in [0.4, 0.5) is 0 Å². The Morgan fingerprint density at radius 2 is 1.75 bits per heavy atom. The fourth-order valence-corrected chi connectivity index (χ4v) is 3.93. The number of aliphatic carboxylic acids is 3. The van der Waals surface area contributed by atoms with E-state index in [9.17, 15) is 14.4 Å². The van der Waals surface area contributed by atoms with Crippen LogP contribution in [0.2, 0.25) is 0 Å². The molecule has 0 radical (unpaired) electrons. The van der Waals surface area contributed by atoms with Crippen LogP contribution in [0.1, 0.15) is 49.4 Å². The number of ether oxygens (including phenoxy) is 1. The van der Waals surface area contributed by atoms with E-state index in [0.717, 1.165) is 38.5 Å². The van der Waals surface area contributed by atoms with E-state index in [2.05, 4.69) is 60.4 Å². The quantitative estimate of drug-likeness (QED) is 0.336. The van der Waals surface area contributed by atoms with Gasteiger partial charge in [-0.15, -0.1) is 0 Å². The van der Waals surface area contributed by atoms with Crippen molar-refractivity contribution in [2.75, 3.05) is 13.2 Å². The van der Waals surface area contributed by atoms with Crippen LogP contribution in [0, 0.1) is 6.92 Å². The van der Waals surface area contributed by atoms with Gasteiger partial charge in [0.2, 0.25) is 0 Å². The van der Waals surface area contributed by atoms with Gasteiger partial charge in [0.05, 0.1) is 24.6 Å². The lowest BCUT2D eigenvalue weighted by Crippen LogP contribution is -2.42. The van der Waals surface area contributed by atoms with Crippen molar-refractivity contribution < 1.29 is 39.5 Å². The molecule has 4 N–H and O–H groups in total. The number of hydrogen-bond acceptors (Lipinski definition) is 7. The van der Waals surface area contributed by atoms with Crippen LogP contribution in [0.5, 0.6) is 0 Å². The monoisotopic (exact) mass is 505 g/mol. The van der Waals surface area contributed by atoms with Gasteiger partial charge in [-0.05, 0) is 32.3 Å². The molecule has 1 aromatic heterocycles. The van der Waals surface area contributed by atoms with Gasteiger partial charge in [-0.3, -0.25) is 19.2 Å². The Labute approximate surface area is 209 Å². The van der Waals surface area contributed by atoms with Gasteiger partial charge >= 0.3 is 17.9 Å². The van der Waals surface area contributed by atoms with Crippen LogP contribution in [0.15, 0.2) is 36.5 Å². The van der Waals surface area contributed by atoms with Gasteiger partial charge in [-0.25, -0.2) is 4.79 Å². The van der Waals surface area contributed by atoms with E-state index < -0.39 is 36.4 Å². The Bertz CT molecular complexity index is 986. The van der Waals surface area contributed by atoms with Gasteiger partial charge in [-0.2, -0.15) is 5.10 Å². The Morgan fingerprint density at radius 3 is 2.22 bits per heavy atom. The van der Waals surface area contributed by atoms with Gasteiger partial charge in [0, 0.05) is 44.5 Å². The smallest absolute Gasteiger partial charge is 0.336 e. The molecule has 198 valence electrons. The van der Waals surface area contributed by atoms with Crippen molar-refractivity contribution in [1.82, 2.24) is 14.7 Å². The summed E-state index contributed by atoms with van der Waals surface area (Å²) < 4.78 is 7.88. The van der Waals surface area contributed by atoms with Crippen molar-refractivity contribution >= 4 is 17.9 Å². The van der Waals surface area contributed by atoms with Crippen LogP contribution in [0.25, 0.3) is 0 Å². The summed E-state index contributed by atoms with van der Waals surface area (Å²) >= 11 is 0. The van der Waals surface area contributed by atoms with Gasteiger partial charge < -0.3 is 25.2 Å². The summed E-state index contributed by atoms with van der Waals surface area (Å²) in [5.41, 5.74) is 1.07. The number of rotatable bonds is 12. The van der Waals surface area contributed by atoms with E-state index in [0.29, 0.717) is 6.10 Å². The molecule has 2 aromatic rings. The zero-order valence-electron chi connectivity index (χ0n) is 20.7. The maximum atomic E-state index is 10.3. The molecule has 1 aromatic carbocycles. The Hall–Kier alpha value is -3.28. The van der Waals surface area contributed by atoms with Crippen molar-refractivity contribution in [2.24, 2.45) is 0 Å². The fourth-order valence-electron chi connectivity index (χ4n) is 3.93. The third-order valence-electron chi connectivity index (χ3n) is 5.79. The van der Waals surface area contributed by atoms with Crippen molar-refractivity contribution in [3.8, 4) is 0 Å². The van der Waals surface area contributed by atoms with Crippen molar-refractivity contribution in [3.63, 3.8) is 0 Å². The molecule has 1 aliphatic rings. The SMILES string of the molecule is CCn1cc(CN(Cc2ccccc2)CC2CCCO2)c(C)n1.O=C(O)CC(O)(CC(=O)O)C(=O)O. The maximum absolute atomic E-state index is 10.3. The highest BCUT2D eigenvalue weighted by molar-refractivity contribution is 5.88. The molecule has 0 bridgehead atoms. The number of carboxylic acid groups (broad SMARTS) is 3. The van der Waals surface area contributed by atoms with Crippen molar-refractivity contribution in [2.45, 2.75) is 70.9 Å². The first-order valence-electron chi connectivity index (χ1n) is 11.8. The highest BCUT2D eigenvalue weighted by atomic mass is 16.5. The van der Waals surface area contributed by atoms with Crippen LogP contribution >= 0.6 is 0 Å². The lowest BCUT2D eigenvalue weighted by atomic mass is 9.96. The normalized spacial score (nSPS) is 15.4. The number of carbonyl (C=O) groups is 3. The van der Waals surface area contributed by atoms with E-state index in [-0.39, 0.29) is 0 Å². The van der Waals surface area contributed by atoms with Crippen molar-refractivity contribution in [3.05, 3.63) is 53.3 Å². The van der Waals surface area contributed by atoms with Crippen LogP contribution in [0.3, 0.4) is 0 Å². The average molecular weight is 506 g/mol. The molecule has 11 nitrogen and oxygen atoms in total. The van der Waals surface area contributed by atoms with E-state index in [4.69, 9.17) is 25.2 Å². The number of hydrogen-bond donors (Lipinski definition) is 4. The lowest BCUT2D eigenvalue weighted by molar-refractivity contribution is -0.170. The second-order valence-electron chi connectivity index (χ2n) is 8.86. The molecule has 1 saturated heterocycles. The topological polar surface area (TPSA) is 162 Å². The molecule has 0 saturated carbocycles. The fraction of sp³-hybridized carbons (Fsp3) is 0.520. The van der Waals surface area contributed by atoms with Crippen LogP contribution in [-0.2, 0) is 38.8 Å². The summed E-state index contributed by atoms with van der Waals surface area (Å²) in [7, 11) is 0. The van der Waals surface area contributed by atoms with E-state index >= 15 is 0 Å². The third-order valence-corrected chi connectivity index (χ3v) is 5.79. The Balaban J connectivity index is 0.000000302. The zero-order valence-corrected chi connectivity index (χ0v) is 20.7. The largest absolute Gasteiger partial charge is 0.481 e. The summed E-state index contributed by atoms with van der Waals surface area (Å²) in [6.45, 7) is 8.95. The average Bonchev–Trinajstić information content (AvgIpc) is 3.43. The molecule has 1 atom stereocenters. The van der Waals surface area contributed by atoms with E-state index in [1.54, 1.807) is 0 Å². The molecule has 1 fully saturated rings. The lowest BCUT2D eigenvalue weighted by Gasteiger charge is -2.25. The molecular weight excluding hydrogens is 470 g/mol. The Morgan fingerprint density at radius 1 is 1.11 bits per heavy atom. The van der Waals surface area contributed by atoms with Crippen molar-refractivity contribution in [1.29, 1.82) is 0 Å². The van der Waals surface area contributed by atoms with Gasteiger partial charge in [0.25, 0.3) is 0 Å². The first kappa shape index (κ1) is 29.0. The molecule has 3 rings (SSSR count). The second kappa shape index (κ2) is 13.7. The number of nitrogens with zero attached hydrogens (tertiary/aromatic N) is 3. The minimum atomic E-state index is -2.74. The molecular formula is C25H35N3O8. The first-order chi connectivity index (χ1) is 17.0. The molecule has 1 aliphatic heterocycles. The standard InChI is InChI=1S/C19H27N3O.C6H8O7/c1-3-22-14-18(16(2)20-22)13-21(15-19-10-7-11-23-19)12-17-8-5-4-6-9-17;7-3(8)1-6(13,5(11)12)2-4(9)10/h4-6,8-9,14,19H,3,7,10-13,15H2,1-2H3;13H,1-2H2,(H,7,8)(H,9,10)(H,11,12). The highest BCUT2D eigenvalue weighted by Gasteiger charge is 2.40. The predicted molar refractivity (Wildman–Crippen MR) is 129 cm³/mol. The summed E-state index contributed by atoms with van der Waals surface area (Å²) in [6.07, 6.45) is 2.64. The molecule has 36 heavy (non-hydrogen) atoms. The minimum Gasteiger partial charge on any atom is -0.481 e. The van der Waals surface area contributed by atoms with Gasteiger partial charge in [-0.1, -0.05) is 30.3 Å². The van der Waals surface area contributed by atoms with Gasteiger partial charge in [0.15, 0.2) is 5.60 Å². The molecule has 0 aliphatic carbocycles. The predicted octanol–water partition coefficient (Wildman–Crippen LogP) is 2.14. The maximum Gasteiger partial charge on any atom is 0.336 e. The summed E-state index contributed by atoms with van der Waals surface area (Å²) in [5.74, 6) is -5.02. The molecule has 0 amide bonds. The molecule has 1 unspecified atom stereocenters. The third kappa shape index (κ3) is 9.40. The number of benzene rings is 1. The molecule has 11 heteroatoms.